The van der Waals surface area contributed by atoms with E-state index in [1.165, 1.54) is 6.92 Å². The fourth-order valence-corrected chi connectivity index (χ4v) is 2.47. The maximum atomic E-state index is 11.8. The van der Waals surface area contributed by atoms with Crippen molar-refractivity contribution in [3.8, 4) is 0 Å². The molecule has 0 aliphatic rings. The van der Waals surface area contributed by atoms with Crippen LogP contribution in [0.4, 0.5) is 11.4 Å². The average Bonchev–Trinajstić information content (AvgIpc) is 2.27. The molecule has 0 aliphatic carbocycles. The molecule has 0 fully saturated rings. The Balaban J connectivity index is 3.13. The molecule has 10 heteroatoms. The summed E-state index contributed by atoms with van der Waals surface area (Å²) >= 11 is 0. The number of primary amides is 1. The molecule has 0 saturated carbocycles. The van der Waals surface area contributed by atoms with Gasteiger partial charge < -0.3 is 11.5 Å². The Morgan fingerprint density at radius 1 is 1.47 bits per heavy atom. The number of amides is 1. The summed E-state index contributed by atoms with van der Waals surface area (Å²) < 4.78 is 25.7. The maximum absolute atomic E-state index is 11.8. The van der Waals surface area contributed by atoms with Crippen LogP contribution in [0.25, 0.3) is 0 Å². The number of nitrogens with zero attached hydrogens (tertiary/aromatic N) is 1. The number of carbonyl (C=O) groups excluding carboxylic acids is 1. The molecule has 9 nitrogen and oxygen atoms in total. The Morgan fingerprint density at radius 3 is 2.47 bits per heavy atom. The molecule has 0 aliphatic heterocycles. The molecule has 1 atom stereocenters. The van der Waals surface area contributed by atoms with Gasteiger partial charge in [-0.1, -0.05) is 0 Å². The first-order chi connectivity index (χ1) is 8.65. The smallest absolute Gasteiger partial charge is 0.292 e. The normalized spacial score (nSPS) is 12.9. The highest BCUT2D eigenvalue weighted by Crippen LogP contribution is 2.24. The molecular weight excluding hydrogens is 276 g/mol. The summed E-state index contributed by atoms with van der Waals surface area (Å²) in [5.41, 5.74) is 9.63. The van der Waals surface area contributed by atoms with Crippen LogP contribution in [0.5, 0.6) is 0 Å². The number of nitrogens with one attached hydrogen (secondary N) is 1. The average molecular weight is 288 g/mol. The minimum Gasteiger partial charge on any atom is -0.393 e. The number of nitrogen functional groups attached to an aromatic ring is 1. The summed E-state index contributed by atoms with van der Waals surface area (Å²) in [6.45, 7) is 1.27. The summed E-state index contributed by atoms with van der Waals surface area (Å²) in [5, 5.41) is 10.5. The molecule has 104 valence electrons. The first-order valence-corrected chi connectivity index (χ1v) is 6.49. The maximum Gasteiger partial charge on any atom is 0.292 e. The SMILES string of the molecule is CC(NS(=O)(=O)c1ccc([N+](=O)[O-])c(N)c1)C(N)=O. The van der Waals surface area contributed by atoms with Crippen molar-refractivity contribution in [2.24, 2.45) is 5.73 Å². The third-order valence-corrected chi connectivity index (χ3v) is 3.80. The second-order valence-electron chi connectivity index (χ2n) is 3.72. The van der Waals surface area contributed by atoms with E-state index in [-0.39, 0.29) is 10.6 Å². The number of anilines is 1. The zero-order valence-electron chi connectivity index (χ0n) is 9.86. The number of benzene rings is 1. The van der Waals surface area contributed by atoms with Crippen LogP contribution in [-0.2, 0) is 14.8 Å². The van der Waals surface area contributed by atoms with Crippen molar-refractivity contribution >= 4 is 27.3 Å². The third-order valence-electron chi connectivity index (χ3n) is 2.26. The zero-order valence-corrected chi connectivity index (χ0v) is 10.7. The van der Waals surface area contributed by atoms with Crippen LogP contribution in [0.3, 0.4) is 0 Å². The standard InChI is InChI=1S/C9H12N4O5S/c1-5(9(11)14)12-19(17,18)6-2-3-8(13(15)16)7(10)4-6/h2-5,12H,10H2,1H3,(H2,11,14). The number of carbonyl (C=O) groups is 1. The highest BCUT2D eigenvalue weighted by atomic mass is 32.2. The van der Waals surface area contributed by atoms with Gasteiger partial charge in [-0.2, -0.15) is 4.72 Å². The molecule has 0 saturated heterocycles. The van der Waals surface area contributed by atoms with Gasteiger partial charge in [0.15, 0.2) is 0 Å². The fraction of sp³-hybridized carbons (Fsp3) is 0.222. The van der Waals surface area contributed by atoms with Gasteiger partial charge in [-0.05, 0) is 19.1 Å². The van der Waals surface area contributed by atoms with Gasteiger partial charge in [0, 0.05) is 6.07 Å². The number of nitro benzene ring substituents is 1. The van der Waals surface area contributed by atoms with Crippen LogP contribution in [-0.4, -0.2) is 25.3 Å². The van der Waals surface area contributed by atoms with Crippen molar-refractivity contribution in [1.82, 2.24) is 4.72 Å². The highest BCUT2D eigenvalue weighted by Gasteiger charge is 2.22. The first kappa shape index (κ1) is 14.9. The summed E-state index contributed by atoms with van der Waals surface area (Å²) in [7, 11) is -4.02. The van der Waals surface area contributed by atoms with Crippen LogP contribution < -0.4 is 16.2 Å². The molecule has 0 radical (unpaired) electrons. The zero-order chi connectivity index (χ0) is 14.8. The molecular formula is C9H12N4O5S. The van der Waals surface area contributed by atoms with Crippen molar-refractivity contribution in [2.75, 3.05) is 5.73 Å². The molecule has 1 aromatic rings. The van der Waals surface area contributed by atoms with E-state index < -0.39 is 32.6 Å². The monoisotopic (exact) mass is 288 g/mol. The minimum absolute atomic E-state index is 0.288. The molecule has 5 N–H and O–H groups in total. The molecule has 1 aromatic carbocycles. The summed E-state index contributed by atoms with van der Waals surface area (Å²) in [6.07, 6.45) is 0. The highest BCUT2D eigenvalue weighted by molar-refractivity contribution is 7.89. The van der Waals surface area contributed by atoms with E-state index in [1.54, 1.807) is 0 Å². The van der Waals surface area contributed by atoms with Crippen LogP contribution in [0.2, 0.25) is 0 Å². The van der Waals surface area contributed by atoms with Gasteiger partial charge >= 0.3 is 0 Å². The number of hydrogen-bond donors (Lipinski definition) is 3. The predicted molar refractivity (Wildman–Crippen MR) is 66.5 cm³/mol. The van der Waals surface area contributed by atoms with Crippen molar-refractivity contribution in [3.63, 3.8) is 0 Å². The van der Waals surface area contributed by atoms with E-state index in [9.17, 15) is 23.3 Å². The van der Waals surface area contributed by atoms with Crippen molar-refractivity contribution in [1.29, 1.82) is 0 Å². The molecule has 0 bridgehead atoms. The number of nitro groups is 1. The van der Waals surface area contributed by atoms with E-state index in [0.29, 0.717) is 0 Å². The second-order valence-corrected chi connectivity index (χ2v) is 5.44. The van der Waals surface area contributed by atoms with Gasteiger partial charge in [0.25, 0.3) is 5.69 Å². The topological polar surface area (TPSA) is 158 Å². The summed E-state index contributed by atoms with van der Waals surface area (Å²) in [6, 6.07) is 1.82. The van der Waals surface area contributed by atoms with Gasteiger partial charge in [0.1, 0.15) is 5.69 Å². The Hall–Kier alpha value is -2.20. The van der Waals surface area contributed by atoms with E-state index >= 15 is 0 Å². The first-order valence-electron chi connectivity index (χ1n) is 5.00. The van der Waals surface area contributed by atoms with E-state index in [2.05, 4.69) is 0 Å². The van der Waals surface area contributed by atoms with Crippen LogP contribution >= 0.6 is 0 Å². The molecule has 19 heavy (non-hydrogen) atoms. The Bertz CT molecular complexity index is 627. The van der Waals surface area contributed by atoms with E-state index in [1.807, 2.05) is 4.72 Å². The lowest BCUT2D eigenvalue weighted by atomic mass is 10.3. The predicted octanol–water partition coefficient (Wildman–Crippen LogP) is -0.671. The van der Waals surface area contributed by atoms with Gasteiger partial charge in [0.2, 0.25) is 15.9 Å². The van der Waals surface area contributed by atoms with Crippen LogP contribution in [0, 0.1) is 10.1 Å². The molecule has 0 aromatic heterocycles. The summed E-state index contributed by atoms with van der Waals surface area (Å²) in [4.78, 5) is 20.3. The molecule has 1 amide bonds. The number of nitrogens with two attached hydrogens (primary N) is 2. The lowest BCUT2D eigenvalue weighted by molar-refractivity contribution is -0.383. The Labute approximate surface area is 108 Å². The van der Waals surface area contributed by atoms with Gasteiger partial charge in [-0.25, -0.2) is 8.42 Å². The van der Waals surface area contributed by atoms with E-state index in [4.69, 9.17) is 11.5 Å². The van der Waals surface area contributed by atoms with Crippen LogP contribution in [0.1, 0.15) is 6.92 Å². The molecule has 1 rings (SSSR count). The molecule has 0 heterocycles. The van der Waals surface area contributed by atoms with Gasteiger partial charge in [-0.15, -0.1) is 0 Å². The quantitative estimate of drug-likeness (QED) is 0.370. The largest absolute Gasteiger partial charge is 0.393 e. The number of hydrogen-bond acceptors (Lipinski definition) is 6. The summed E-state index contributed by atoms with van der Waals surface area (Å²) in [5.74, 6) is -0.849. The van der Waals surface area contributed by atoms with Crippen molar-refractivity contribution in [2.45, 2.75) is 17.9 Å². The Morgan fingerprint density at radius 2 is 2.05 bits per heavy atom. The molecule has 1 unspecified atom stereocenters. The van der Waals surface area contributed by atoms with Gasteiger partial charge in [0.05, 0.1) is 15.9 Å². The number of sulfonamides is 1. The van der Waals surface area contributed by atoms with Crippen molar-refractivity contribution in [3.05, 3.63) is 28.3 Å². The van der Waals surface area contributed by atoms with Crippen LogP contribution in [0.15, 0.2) is 23.1 Å². The Kier molecular flexibility index (Phi) is 4.07. The second kappa shape index (κ2) is 5.20. The van der Waals surface area contributed by atoms with Crippen molar-refractivity contribution < 1.29 is 18.1 Å². The minimum atomic E-state index is -4.02. The number of rotatable bonds is 5. The van der Waals surface area contributed by atoms with Gasteiger partial charge in [-0.3, -0.25) is 14.9 Å². The van der Waals surface area contributed by atoms with E-state index in [0.717, 1.165) is 18.2 Å². The third kappa shape index (κ3) is 3.39. The molecule has 0 spiro atoms. The lowest BCUT2D eigenvalue weighted by Gasteiger charge is -2.11. The lowest BCUT2D eigenvalue weighted by Crippen LogP contribution is -2.42. The fourth-order valence-electron chi connectivity index (χ4n) is 1.22.